The summed E-state index contributed by atoms with van der Waals surface area (Å²) in [5, 5.41) is 15.6. The number of likely N-dealkylation sites (N-methyl/N-ethyl adjacent to an activating group) is 1. The minimum Gasteiger partial charge on any atom is -0.395 e. The first-order valence-corrected chi connectivity index (χ1v) is 8.64. The number of hydroxylamine groups is 1. The molecule has 0 radical (unpaired) electrons. The Morgan fingerprint density at radius 2 is 1.88 bits per heavy atom. The molecule has 0 aliphatic carbocycles. The molecule has 1 atom stereocenters. The normalized spacial score (nSPS) is 13.8. The van der Waals surface area contributed by atoms with Gasteiger partial charge in [0.25, 0.3) is 0 Å². The van der Waals surface area contributed by atoms with Gasteiger partial charge >= 0.3 is 0 Å². The van der Waals surface area contributed by atoms with Gasteiger partial charge in [0.15, 0.2) is 0 Å². The number of hydrogen-bond acceptors (Lipinski definition) is 5. The molecule has 4 N–H and O–H groups in total. The third kappa shape index (κ3) is 10.0. The summed E-state index contributed by atoms with van der Waals surface area (Å²) in [5.41, 5.74) is 7.99. The second-order valence-corrected chi connectivity index (χ2v) is 6.07. The SMILES string of the molecule is C=C/C(=C\C=C(C)C)C(=C)/C(C)=C(\C)NCONC(CO)CNCC. The topological polar surface area (TPSA) is 65.5 Å². The number of allylic oxidation sites excluding steroid dienone is 8. The van der Waals surface area contributed by atoms with Crippen molar-refractivity contribution in [1.82, 2.24) is 16.1 Å². The van der Waals surface area contributed by atoms with E-state index in [4.69, 9.17) is 4.84 Å². The lowest BCUT2D eigenvalue weighted by atomic mass is 9.98. The van der Waals surface area contributed by atoms with Crippen molar-refractivity contribution in [3.8, 4) is 0 Å². The van der Waals surface area contributed by atoms with Crippen molar-refractivity contribution < 1.29 is 9.94 Å². The van der Waals surface area contributed by atoms with Crippen LogP contribution in [0.4, 0.5) is 0 Å². The van der Waals surface area contributed by atoms with Crippen LogP contribution in [0.25, 0.3) is 0 Å². The highest BCUT2D eigenvalue weighted by atomic mass is 16.7. The van der Waals surface area contributed by atoms with E-state index in [1.807, 2.05) is 39.0 Å². The van der Waals surface area contributed by atoms with Crippen LogP contribution in [0.15, 0.2) is 59.4 Å². The Balaban J connectivity index is 4.61. The van der Waals surface area contributed by atoms with E-state index in [2.05, 4.69) is 43.1 Å². The zero-order valence-corrected chi connectivity index (χ0v) is 16.4. The molecule has 0 amide bonds. The molecule has 0 aromatic rings. The van der Waals surface area contributed by atoms with Crippen molar-refractivity contribution in [3.05, 3.63) is 59.4 Å². The van der Waals surface area contributed by atoms with Crippen LogP contribution in [0.3, 0.4) is 0 Å². The number of aliphatic hydroxyl groups is 1. The van der Waals surface area contributed by atoms with Crippen molar-refractivity contribution >= 4 is 0 Å². The first-order valence-electron chi connectivity index (χ1n) is 8.64. The predicted octanol–water partition coefficient (Wildman–Crippen LogP) is 2.95. The predicted molar refractivity (Wildman–Crippen MR) is 107 cm³/mol. The largest absolute Gasteiger partial charge is 0.395 e. The Labute approximate surface area is 153 Å². The maximum Gasteiger partial charge on any atom is 0.137 e. The number of aliphatic hydroxyl groups excluding tert-OH is 1. The van der Waals surface area contributed by atoms with E-state index in [-0.39, 0.29) is 12.6 Å². The van der Waals surface area contributed by atoms with Gasteiger partial charge < -0.3 is 15.7 Å². The number of nitrogens with one attached hydrogen (secondary N) is 3. The third-order valence-corrected chi connectivity index (χ3v) is 3.70. The lowest BCUT2D eigenvalue weighted by Crippen LogP contribution is -2.42. The Morgan fingerprint density at radius 1 is 1.20 bits per heavy atom. The Morgan fingerprint density at radius 3 is 2.40 bits per heavy atom. The van der Waals surface area contributed by atoms with E-state index in [0.717, 1.165) is 29.0 Å². The minimum atomic E-state index is -0.138. The molecule has 1 unspecified atom stereocenters. The molecule has 0 aliphatic heterocycles. The molecular weight excluding hydrogens is 314 g/mol. The summed E-state index contributed by atoms with van der Waals surface area (Å²) in [7, 11) is 0. The Kier molecular flexibility index (Phi) is 12.7. The van der Waals surface area contributed by atoms with Crippen LogP contribution >= 0.6 is 0 Å². The standard InChI is InChI=1S/C20H35N3O2/c1-8-19(11-10-15(3)4)17(6)16(5)18(7)22-14-25-23-20(13-24)12-21-9-2/h8,10-11,20-24H,1,6,9,12-14H2,2-5,7H3/b18-16+,19-11+. The molecule has 0 fully saturated rings. The van der Waals surface area contributed by atoms with Crippen LogP contribution in [-0.2, 0) is 4.84 Å². The summed E-state index contributed by atoms with van der Waals surface area (Å²) in [5.74, 6) is 0. The van der Waals surface area contributed by atoms with E-state index < -0.39 is 0 Å². The van der Waals surface area contributed by atoms with E-state index in [9.17, 15) is 5.11 Å². The number of hydrogen-bond donors (Lipinski definition) is 4. The van der Waals surface area contributed by atoms with Gasteiger partial charge in [0.05, 0.1) is 12.6 Å². The van der Waals surface area contributed by atoms with Gasteiger partial charge in [0, 0.05) is 12.2 Å². The fraction of sp³-hybridized carbons (Fsp3) is 0.500. The lowest BCUT2D eigenvalue weighted by Gasteiger charge is -2.18. The maximum absolute atomic E-state index is 9.26. The molecule has 0 aliphatic rings. The highest BCUT2D eigenvalue weighted by Crippen LogP contribution is 2.20. The van der Waals surface area contributed by atoms with Crippen molar-refractivity contribution in [1.29, 1.82) is 0 Å². The van der Waals surface area contributed by atoms with Gasteiger partial charge in [-0.15, -0.1) is 0 Å². The monoisotopic (exact) mass is 349 g/mol. The van der Waals surface area contributed by atoms with Crippen LogP contribution in [0, 0.1) is 0 Å². The van der Waals surface area contributed by atoms with Gasteiger partial charge in [-0.2, -0.15) is 5.48 Å². The Bertz CT molecular complexity index is 515. The lowest BCUT2D eigenvalue weighted by molar-refractivity contribution is -0.00428. The summed E-state index contributed by atoms with van der Waals surface area (Å²) in [6.45, 7) is 19.9. The van der Waals surface area contributed by atoms with E-state index in [0.29, 0.717) is 13.3 Å². The van der Waals surface area contributed by atoms with Crippen LogP contribution in [-0.4, -0.2) is 37.6 Å². The van der Waals surface area contributed by atoms with Crippen molar-refractivity contribution in [2.24, 2.45) is 0 Å². The van der Waals surface area contributed by atoms with Gasteiger partial charge in [0.2, 0.25) is 0 Å². The molecule has 0 spiro atoms. The molecule has 5 heteroatoms. The van der Waals surface area contributed by atoms with E-state index in [1.54, 1.807) is 0 Å². The molecule has 0 rings (SSSR count). The fourth-order valence-electron chi connectivity index (χ4n) is 1.89. The number of rotatable bonds is 13. The van der Waals surface area contributed by atoms with Gasteiger partial charge in [-0.1, -0.05) is 43.9 Å². The zero-order valence-electron chi connectivity index (χ0n) is 16.4. The van der Waals surface area contributed by atoms with Gasteiger partial charge in [0.1, 0.15) is 6.73 Å². The van der Waals surface area contributed by atoms with Gasteiger partial charge in [-0.25, -0.2) is 0 Å². The summed E-state index contributed by atoms with van der Waals surface area (Å²) in [6, 6.07) is -0.138. The molecular formula is C20H35N3O2. The molecule has 0 aromatic carbocycles. The molecule has 25 heavy (non-hydrogen) atoms. The fourth-order valence-corrected chi connectivity index (χ4v) is 1.89. The van der Waals surface area contributed by atoms with Gasteiger partial charge in [-0.3, -0.25) is 4.84 Å². The molecule has 0 aromatic heterocycles. The summed E-state index contributed by atoms with van der Waals surface area (Å²) >= 11 is 0. The van der Waals surface area contributed by atoms with Crippen molar-refractivity contribution in [2.45, 2.75) is 40.7 Å². The van der Waals surface area contributed by atoms with Crippen LogP contribution in [0.5, 0.6) is 0 Å². The van der Waals surface area contributed by atoms with Crippen LogP contribution in [0.1, 0.15) is 34.6 Å². The average Bonchev–Trinajstić information content (AvgIpc) is 2.60. The third-order valence-electron chi connectivity index (χ3n) is 3.70. The first-order chi connectivity index (χ1) is 11.9. The Hall–Kier alpha value is -1.66. The van der Waals surface area contributed by atoms with Crippen LogP contribution < -0.4 is 16.1 Å². The summed E-state index contributed by atoms with van der Waals surface area (Å²) in [4.78, 5) is 5.38. The van der Waals surface area contributed by atoms with Crippen molar-refractivity contribution in [2.75, 3.05) is 26.4 Å². The molecule has 5 nitrogen and oxygen atoms in total. The van der Waals surface area contributed by atoms with E-state index in [1.165, 1.54) is 5.57 Å². The molecule has 0 saturated carbocycles. The quantitative estimate of drug-likeness (QED) is 0.178. The summed E-state index contributed by atoms with van der Waals surface area (Å²) < 4.78 is 0. The molecule has 0 saturated heterocycles. The maximum atomic E-state index is 9.26. The summed E-state index contributed by atoms with van der Waals surface area (Å²) in [6.07, 6.45) is 5.87. The van der Waals surface area contributed by atoms with E-state index >= 15 is 0 Å². The second-order valence-electron chi connectivity index (χ2n) is 6.07. The van der Waals surface area contributed by atoms with Crippen molar-refractivity contribution in [3.63, 3.8) is 0 Å². The molecule has 0 bridgehead atoms. The van der Waals surface area contributed by atoms with Gasteiger partial charge in [-0.05, 0) is 51.0 Å². The minimum absolute atomic E-state index is 0.00943. The highest BCUT2D eigenvalue weighted by molar-refractivity contribution is 5.51. The zero-order chi connectivity index (χ0) is 19.2. The average molecular weight is 350 g/mol. The molecule has 142 valence electrons. The smallest absolute Gasteiger partial charge is 0.137 e. The highest BCUT2D eigenvalue weighted by Gasteiger charge is 2.07. The van der Waals surface area contributed by atoms with Crippen LogP contribution in [0.2, 0.25) is 0 Å². The first kappa shape index (κ1) is 23.3. The second kappa shape index (κ2) is 13.6. The molecule has 0 heterocycles.